The van der Waals surface area contributed by atoms with Gasteiger partial charge in [0.05, 0.1) is 24.3 Å². The summed E-state index contributed by atoms with van der Waals surface area (Å²) in [4.78, 5) is 36.0. The van der Waals surface area contributed by atoms with Crippen LogP contribution in [0, 0.1) is 5.92 Å². The van der Waals surface area contributed by atoms with Gasteiger partial charge in [0.1, 0.15) is 5.75 Å². The number of esters is 2. The molecular formula is C19H25NO6. The zero-order valence-electron chi connectivity index (χ0n) is 15.4. The van der Waals surface area contributed by atoms with Crippen LogP contribution in [-0.2, 0) is 14.3 Å². The molecule has 1 saturated carbocycles. The highest BCUT2D eigenvalue weighted by molar-refractivity contribution is 5.96. The van der Waals surface area contributed by atoms with E-state index in [0.717, 1.165) is 12.8 Å². The molecular weight excluding hydrogens is 338 g/mol. The lowest BCUT2D eigenvalue weighted by Gasteiger charge is -2.14. The molecule has 7 nitrogen and oxygen atoms in total. The van der Waals surface area contributed by atoms with Gasteiger partial charge < -0.3 is 19.5 Å². The quantitative estimate of drug-likeness (QED) is 0.677. The van der Waals surface area contributed by atoms with Crippen molar-refractivity contribution in [3.63, 3.8) is 0 Å². The van der Waals surface area contributed by atoms with Crippen LogP contribution in [0.25, 0.3) is 0 Å². The minimum atomic E-state index is -0.574. The zero-order chi connectivity index (χ0) is 19.1. The molecule has 0 saturated heterocycles. The van der Waals surface area contributed by atoms with E-state index >= 15 is 0 Å². The van der Waals surface area contributed by atoms with E-state index in [-0.39, 0.29) is 48.6 Å². The number of carbonyl (C=O) groups excluding carboxylic acids is 3. The number of carbonyl (C=O) groups is 3. The van der Waals surface area contributed by atoms with Crippen LogP contribution in [0.5, 0.6) is 5.75 Å². The lowest BCUT2D eigenvalue weighted by Crippen LogP contribution is -2.37. The normalized spacial score (nSPS) is 14.3. The summed E-state index contributed by atoms with van der Waals surface area (Å²) >= 11 is 0. The highest BCUT2D eigenvalue weighted by Gasteiger charge is 2.28. The maximum Gasteiger partial charge on any atom is 0.338 e. The Bertz CT molecular complexity index is 632. The average molecular weight is 363 g/mol. The molecule has 1 aromatic rings. The molecule has 0 aliphatic heterocycles. The van der Waals surface area contributed by atoms with Crippen molar-refractivity contribution in [2.24, 2.45) is 5.92 Å². The topological polar surface area (TPSA) is 90.9 Å². The Balaban J connectivity index is 2.07. The van der Waals surface area contributed by atoms with E-state index in [1.807, 2.05) is 6.92 Å². The SMILES string of the molecule is CCOC(=O)c1cc(OCC(=O)N[C@H](C)C2CC2)cc(C(=O)OCC)c1. The first-order chi connectivity index (χ1) is 12.4. The monoisotopic (exact) mass is 363 g/mol. The van der Waals surface area contributed by atoms with E-state index < -0.39 is 11.9 Å². The van der Waals surface area contributed by atoms with Gasteiger partial charge in [-0.15, -0.1) is 0 Å². The van der Waals surface area contributed by atoms with Crippen molar-refractivity contribution < 1.29 is 28.6 Å². The Labute approximate surface area is 153 Å². The van der Waals surface area contributed by atoms with Crippen LogP contribution in [0.1, 0.15) is 54.3 Å². The van der Waals surface area contributed by atoms with Gasteiger partial charge in [0, 0.05) is 6.04 Å². The Morgan fingerprint density at radius 3 is 2.04 bits per heavy atom. The maximum atomic E-state index is 12.0. The standard InChI is InChI=1S/C19H25NO6/c1-4-24-18(22)14-8-15(19(23)25-5-2)10-16(9-14)26-11-17(21)20-12(3)13-6-7-13/h8-10,12-13H,4-7,11H2,1-3H3,(H,20,21)/t12-/m1/s1. The summed E-state index contributed by atoms with van der Waals surface area (Å²) in [5.74, 6) is -0.622. The first-order valence-electron chi connectivity index (χ1n) is 8.86. The second-order valence-electron chi connectivity index (χ2n) is 6.17. The van der Waals surface area contributed by atoms with E-state index in [4.69, 9.17) is 14.2 Å². The fraction of sp³-hybridized carbons (Fsp3) is 0.526. The third-order valence-electron chi connectivity index (χ3n) is 4.02. The first-order valence-corrected chi connectivity index (χ1v) is 8.86. The van der Waals surface area contributed by atoms with Crippen LogP contribution in [0.4, 0.5) is 0 Å². The Morgan fingerprint density at radius 1 is 1.04 bits per heavy atom. The fourth-order valence-electron chi connectivity index (χ4n) is 2.51. The van der Waals surface area contributed by atoms with Gasteiger partial charge in [-0.1, -0.05) is 0 Å². The molecule has 0 radical (unpaired) electrons. The number of nitrogens with one attached hydrogen (secondary N) is 1. The summed E-state index contributed by atoms with van der Waals surface area (Å²) in [7, 11) is 0. The van der Waals surface area contributed by atoms with Gasteiger partial charge in [0.2, 0.25) is 0 Å². The summed E-state index contributed by atoms with van der Waals surface area (Å²) in [6.07, 6.45) is 2.26. The zero-order valence-corrected chi connectivity index (χ0v) is 15.4. The Morgan fingerprint density at radius 2 is 1.58 bits per heavy atom. The second kappa shape index (κ2) is 9.22. The van der Waals surface area contributed by atoms with Gasteiger partial charge in [-0.2, -0.15) is 0 Å². The van der Waals surface area contributed by atoms with Crippen LogP contribution in [-0.4, -0.2) is 43.7 Å². The third kappa shape index (κ3) is 5.75. The summed E-state index contributed by atoms with van der Waals surface area (Å²) in [6, 6.07) is 4.39. The van der Waals surface area contributed by atoms with Crippen molar-refractivity contribution in [3.8, 4) is 5.75 Å². The molecule has 0 unspecified atom stereocenters. The van der Waals surface area contributed by atoms with Crippen LogP contribution < -0.4 is 10.1 Å². The minimum Gasteiger partial charge on any atom is -0.484 e. The molecule has 0 aromatic heterocycles. The summed E-state index contributed by atoms with van der Waals surface area (Å²) in [5, 5.41) is 2.88. The van der Waals surface area contributed by atoms with Crippen molar-refractivity contribution in [3.05, 3.63) is 29.3 Å². The number of hydrogen-bond donors (Lipinski definition) is 1. The number of ether oxygens (including phenoxy) is 3. The van der Waals surface area contributed by atoms with Crippen molar-refractivity contribution in [1.29, 1.82) is 0 Å². The van der Waals surface area contributed by atoms with E-state index in [9.17, 15) is 14.4 Å². The number of hydrogen-bond acceptors (Lipinski definition) is 6. The minimum absolute atomic E-state index is 0.118. The molecule has 7 heteroatoms. The van der Waals surface area contributed by atoms with E-state index in [1.54, 1.807) is 13.8 Å². The summed E-state index contributed by atoms with van der Waals surface area (Å²) in [6.45, 7) is 5.56. The van der Waals surface area contributed by atoms with Crippen molar-refractivity contribution in [2.45, 2.75) is 39.7 Å². The van der Waals surface area contributed by atoms with Crippen molar-refractivity contribution >= 4 is 17.8 Å². The van der Waals surface area contributed by atoms with Gasteiger partial charge in [0.25, 0.3) is 5.91 Å². The Hall–Kier alpha value is -2.57. The highest BCUT2D eigenvalue weighted by atomic mass is 16.5. The van der Waals surface area contributed by atoms with Gasteiger partial charge in [-0.3, -0.25) is 4.79 Å². The molecule has 26 heavy (non-hydrogen) atoms. The number of benzene rings is 1. The van der Waals surface area contributed by atoms with Crippen LogP contribution in [0.3, 0.4) is 0 Å². The molecule has 0 heterocycles. The van der Waals surface area contributed by atoms with Crippen LogP contribution in [0.15, 0.2) is 18.2 Å². The number of rotatable bonds is 9. The molecule has 1 aromatic carbocycles. The lowest BCUT2D eigenvalue weighted by atomic mass is 10.1. The third-order valence-corrected chi connectivity index (χ3v) is 4.02. The molecule has 1 aliphatic rings. The molecule has 0 bridgehead atoms. The molecule has 1 atom stereocenters. The van der Waals surface area contributed by atoms with E-state index in [2.05, 4.69) is 5.32 Å². The summed E-state index contributed by atoms with van der Waals surface area (Å²) < 4.78 is 15.4. The predicted octanol–water partition coefficient (Wildman–Crippen LogP) is 2.33. The highest BCUT2D eigenvalue weighted by Crippen LogP contribution is 2.32. The van der Waals surface area contributed by atoms with E-state index in [1.165, 1.54) is 18.2 Å². The molecule has 1 amide bonds. The van der Waals surface area contributed by atoms with Crippen molar-refractivity contribution in [1.82, 2.24) is 5.32 Å². The van der Waals surface area contributed by atoms with Crippen LogP contribution in [0.2, 0.25) is 0 Å². The first kappa shape index (κ1) is 19.8. The molecule has 0 spiro atoms. The molecule has 2 rings (SSSR count). The predicted molar refractivity (Wildman–Crippen MR) is 94.2 cm³/mol. The van der Waals surface area contributed by atoms with Gasteiger partial charge in [0.15, 0.2) is 6.61 Å². The Kier molecular flexibility index (Phi) is 7.00. The van der Waals surface area contributed by atoms with Gasteiger partial charge >= 0.3 is 11.9 Å². The van der Waals surface area contributed by atoms with Gasteiger partial charge in [-0.25, -0.2) is 9.59 Å². The lowest BCUT2D eigenvalue weighted by molar-refractivity contribution is -0.123. The average Bonchev–Trinajstić information content (AvgIpc) is 3.45. The van der Waals surface area contributed by atoms with Crippen LogP contribution >= 0.6 is 0 Å². The van der Waals surface area contributed by atoms with Gasteiger partial charge in [-0.05, 0) is 57.7 Å². The number of amides is 1. The largest absolute Gasteiger partial charge is 0.484 e. The second-order valence-corrected chi connectivity index (χ2v) is 6.17. The summed E-state index contributed by atoms with van der Waals surface area (Å²) in [5.41, 5.74) is 0.332. The maximum absolute atomic E-state index is 12.0. The molecule has 142 valence electrons. The smallest absolute Gasteiger partial charge is 0.338 e. The molecule has 1 fully saturated rings. The van der Waals surface area contributed by atoms with E-state index in [0.29, 0.717) is 5.92 Å². The molecule has 1 aliphatic carbocycles. The fourth-order valence-corrected chi connectivity index (χ4v) is 2.51. The van der Waals surface area contributed by atoms with Crippen molar-refractivity contribution in [2.75, 3.05) is 19.8 Å². The molecule has 1 N–H and O–H groups in total.